The maximum Gasteiger partial charge on any atom is 0.0518 e. The van der Waals surface area contributed by atoms with Crippen LogP contribution in [0.1, 0.15) is 5.56 Å². The van der Waals surface area contributed by atoms with E-state index in [-0.39, 0.29) is 0 Å². The Kier molecular flexibility index (Phi) is 5.31. The van der Waals surface area contributed by atoms with E-state index in [0.717, 1.165) is 0 Å². The first-order valence-electron chi connectivity index (χ1n) is 12.1. The van der Waals surface area contributed by atoms with E-state index in [1.54, 1.807) is 0 Å². The lowest BCUT2D eigenvalue weighted by atomic mass is 9.84. The minimum atomic E-state index is 1.23. The summed E-state index contributed by atoms with van der Waals surface area (Å²) in [7, 11) is 2.20. The van der Waals surface area contributed by atoms with Gasteiger partial charge in [-0.05, 0) is 57.5 Å². The van der Waals surface area contributed by atoms with Crippen LogP contribution in [-0.4, -0.2) is 4.57 Å². The number of fused-ring (bicyclic) bond motifs is 1. The van der Waals surface area contributed by atoms with Gasteiger partial charge in [-0.1, -0.05) is 121 Å². The Hall–Kier alpha value is -4.36. The summed E-state index contributed by atoms with van der Waals surface area (Å²) in [6, 6.07) is 45.6. The van der Waals surface area contributed by atoms with Crippen LogP contribution in [0.2, 0.25) is 0 Å². The maximum absolute atomic E-state index is 2.39. The number of aryl methyl sites for hydroxylation is 2. The van der Waals surface area contributed by atoms with Crippen LogP contribution in [0.25, 0.3) is 55.5 Å². The maximum atomic E-state index is 2.39. The summed E-state index contributed by atoms with van der Waals surface area (Å²) in [6.07, 6.45) is 0. The van der Waals surface area contributed by atoms with Crippen molar-refractivity contribution in [1.29, 1.82) is 0 Å². The van der Waals surface area contributed by atoms with Crippen LogP contribution in [0, 0.1) is 6.92 Å². The summed E-state index contributed by atoms with van der Waals surface area (Å²) < 4.78 is 2.37. The molecule has 6 rings (SSSR count). The van der Waals surface area contributed by atoms with Gasteiger partial charge in [0.25, 0.3) is 0 Å². The van der Waals surface area contributed by atoms with Crippen LogP contribution in [0.15, 0.2) is 127 Å². The standard InChI is InChI=1S/C34H27N/c1-24-31-30(35(2)34(24)28-21-13-6-14-22-28)23-29(25-15-7-3-8-16-25)32(26-17-9-4-10-18-26)33(31)27-19-11-5-12-20-27/h3-23H,1-2H3. The Balaban J connectivity index is 1.83. The fourth-order valence-electron chi connectivity index (χ4n) is 5.45. The van der Waals surface area contributed by atoms with E-state index in [0.29, 0.717) is 0 Å². The molecule has 0 saturated heterocycles. The van der Waals surface area contributed by atoms with E-state index in [1.165, 1.54) is 61.1 Å². The third-order valence-electron chi connectivity index (χ3n) is 6.99. The topological polar surface area (TPSA) is 4.93 Å². The lowest BCUT2D eigenvalue weighted by Gasteiger charge is -2.19. The monoisotopic (exact) mass is 449 g/mol. The van der Waals surface area contributed by atoms with E-state index in [1.807, 2.05) is 0 Å². The van der Waals surface area contributed by atoms with E-state index in [2.05, 4.69) is 146 Å². The summed E-state index contributed by atoms with van der Waals surface area (Å²) in [5, 5.41) is 1.32. The van der Waals surface area contributed by atoms with Crippen LogP contribution in [-0.2, 0) is 7.05 Å². The summed E-state index contributed by atoms with van der Waals surface area (Å²) in [5.41, 5.74) is 12.6. The van der Waals surface area contributed by atoms with Crippen molar-refractivity contribution in [3.63, 3.8) is 0 Å². The molecule has 0 aliphatic rings. The van der Waals surface area contributed by atoms with Crippen molar-refractivity contribution in [1.82, 2.24) is 4.57 Å². The lowest BCUT2D eigenvalue weighted by Crippen LogP contribution is -1.95. The molecule has 0 amide bonds. The number of hydrogen-bond acceptors (Lipinski definition) is 0. The molecule has 5 aromatic carbocycles. The molecule has 0 fully saturated rings. The zero-order valence-electron chi connectivity index (χ0n) is 20.1. The van der Waals surface area contributed by atoms with Gasteiger partial charge >= 0.3 is 0 Å². The Morgan fingerprint density at radius 1 is 0.486 bits per heavy atom. The average Bonchev–Trinajstić information content (AvgIpc) is 3.18. The molecule has 1 heteroatoms. The summed E-state index contributed by atoms with van der Waals surface area (Å²) in [6.45, 7) is 2.27. The molecule has 0 saturated carbocycles. The third kappa shape index (κ3) is 3.57. The van der Waals surface area contributed by atoms with Crippen molar-refractivity contribution >= 4 is 10.9 Å². The van der Waals surface area contributed by atoms with Crippen molar-refractivity contribution in [3.8, 4) is 44.6 Å². The van der Waals surface area contributed by atoms with Crippen LogP contribution >= 0.6 is 0 Å². The van der Waals surface area contributed by atoms with Gasteiger partial charge in [-0.15, -0.1) is 0 Å². The van der Waals surface area contributed by atoms with Gasteiger partial charge in [-0.3, -0.25) is 0 Å². The summed E-state index contributed by atoms with van der Waals surface area (Å²) >= 11 is 0. The van der Waals surface area contributed by atoms with E-state index < -0.39 is 0 Å². The molecular formula is C34H27N. The van der Waals surface area contributed by atoms with E-state index in [9.17, 15) is 0 Å². The SMILES string of the molecule is Cc1c(-c2ccccc2)n(C)c2cc(-c3ccccc3)c(-c3ccccc3)c(-c3ccccc3)c12. The molecule has 168 valence electrons. The molecule has 0 bridgehead atoms. The Morgan fingerprint density at radius 2 is 0.914 bits per heavy atom. The fourth-order valence-corrected chi connectivity index (χ4v) is 5.45. The third-order valence-corrected chi connectivity index (χ3v) is 6.99. The highest BCUT2D eigenvalue weighted by Crippen LogP contribution is 2.48. The summed E-state index contributed by atoms with van der Waals surface area (Å²) in [4.78, 5) is 0. The lowest BCUT2D eigenvalue weighted by molar-refractivity contribution is 0.974. The predicted octanol–water partition coefficient (Wildman–Crippen LogP) is 9.15. The van der Waals surface area contributed by atoms with Gasteiger partial charge in [0.1, 0.15) is 0 Å². The molecule has 1 nitrogen and oxygen atoms in total. The van der Waals surface area contributed by atoms with Gasteiger partial charge in [0, 0.05) is 18.0 Å². The number of rotatable bonds is 4. The van der Waals surface area contributed by atoms with Gasteiger partial charge in [0.2, 0.25) is 0 Å². The number of nitrogens with zero attached hydrogens (tertiary/aromatic N) is 1. The van der Waals surface area contributed by atoms with Crippen LogP contribution in [0.4, 0.5) is 0 Å². The molecule has 6 aromatic rings. The first-order valence-corrected chi connectivity index (χ1v) is 12.1. The van der Waals surface area contributed by atoms with Gasteiger partial charge in [-0.2, -0.15) is 0 Å². The first-order chi connectivity index (χ1) is 17.2. The molecule has 0 atom stereocenters. The van der Waals surface area contributed by atoms with Crippen LogP contribution in [0.3, 0.4) is 0 Å². The van der Waals surface area contributed by atoms with Crippen molar-refractivity contribution in [2.45, 2.75) is 6.92 Å². The minimum absolute atomic E-state index is 1.23. The average molecular weight is 450 g/mol. The molecule has 0 unspecified atom stereocenters. The number of benzene rings is 5. The van der Waals surface area contributed by atoms with E-state index >= 15 is 0 Å². The predicted molar refractivity (Wildman–Crippen MR) is 149 cm³/mol. The number of aromatic nitrogens is 1. The van der Waals surface area contributed by atoms with Gasteiger partial charge < -0.3 is 4.57 Å². The second-order valence-electron chi connectivity index (χ2n) is 9.06. The molecule has 0 radical (unpaired) electrons. The fraction of sp³-hybridized carbons (Fsp3) is 0.0588. The Bertz CT molecular complexity index is 1610. The zero-order chi connectivity index (χ0) is 23.8. The second kappa shape index (κ2) is 8.77. The van der Waals surface area contributed by atoms with Crippen molar-refractivity contribution in [2.75, 3.05) is 0 Å². The van der Waals surface area contributed by atoms with E-state index in [4.69, 9.17) is 0 Å². The highest BCUT2D eigenvalue weighted by atomic mass is 15.0. The molecule has 1 heterocycles. The molecular weight excluding hydrogens is 422 g/mol. The van der Waals surface area contributed by atoms with Gasteiger partial charge in [0.15, 0.2) is 0 Å². The molecule has 1 aromatic heterocycles. The van der Waals surface area contributed by atoms with Crippen molar-refractivity contribution < 1.29 is 0 Å². The minimum Gasteiger partial charge on any atom is -0.343 e. The van der Waals surface area contributed by atoms with Gasteiger partial charge in [0.05, 0.1) is 5.69 Å². The molecule has 35 heavy (non-hydrogen) atoms. The van der Waals surface area contributed by atoms with Gasteiger partial charge in [-0.25, -0.2) is 0 Å². The normalized spacial score (nSPS) is 11.1. The molecule has 0 N–H and O–H groups in total. The Morgan fingerprint density at radius 3 is 1.43 bits per heavy atom. The van der Waals surface area contributed by atoms with Crippen molar-refractivity contribution in [2.24, 2.45) is 7.05 Å². The number of hydrogen-bond donors (Lipinski definition) is 0. The Labute approximate surface area is 206 Å². The quantitative estimate of drug-likeness (QED) is 0.253. The van der Waals surface area contributed by atoms with Crippen molar-refractivity contribution in [3.05, 3.63) is 133 Å². The molecule has 0 spiro atoms. The second-order valence-corrected chi connectivity index (χ2v) is 9.06. The van der Waals surface area contributed by atoms with Crippen LogP contribution < -0.4 is 0 Å². The first kappa shape index (κ1) is 21.2. The highest BCUT2D eigenvalue weighted by Gasteiger charge is 2.23. The molecule has 0 aliphatic carbocycles. The molecule has 0 aliphatic heterocycles. The largest absolute Gasteiger partial charge is 0.343 e. The zero-order valence-corrected chi connectivity index (χ0v) is 20.1. The van der Waals surface area contributed by atoms with Crippen LogP contribution in [0.5, 0.6) is 0 Å². The highest BCUT2D eigenvalue weighted by molar-refractivity contribution is 6.12. The summed E-state index contributed by atoms with van der Waals surface area (Å²) in [5.74, 6) is 0. The smallest absolute Gasteiger partial charge is 0.0518 e.